The number of hydrogen-bond donors (Lipinski definition) is 2. The number of hydrogen-bond acceptors (Lipinski definition) is 4. The second-order valence-corrected chi connectivity index (χ2v) is 8.29. The van der Waals surface area contributed by atoms with Crippen LogP contribution in [-0.4, -0.2) is 32.0 Å². The summed E-state index contributed by atoms with van der Waals surface area (Å²) in [6, 6.07) is 6.15. The van der Waals surface area contributed by atoms with E-state index in [0.29, 0.717) is 5.69 Å². The van der Waals surface area contributed by atoms with Gasteiger partial charge in [-0.05, 0) is 37.1 Å². The molecule has 1 saturated carbocycles. The fourth-order valence-corrected chi connectivity index (χ4v) is 4.08. The van der Waals surface area contributed by atoms with Crippen LogP contribution >= 0.6 is 0 Å². The third-order valence-electron chi connectivity index (χ3n) is 4.10. The van der Waals surface area contributed by atoms with E-state index in [1.54, 1.807) is 0 Å². The molecule has 1 aliphatic rings. The second kappa shape index (κ2) is 8.28. The first-order valence-corrected chi connectivity index (χ1v) is 9.92. The number of amides is 2. The predicted octanol–water partition coefficient (Wildman–Crippen LogP) is 2.26. The smallest absolute Gasteiger partial charge is 0.221 e. The first kappa shape index (κ1) is 18.4. The van der Waals surface area contributed by atoms with Crippen molar-refractivity contribution in [3.63, 3.8) is 0 Å². The van der Waals surface area contributed by atoms with Gasteiger partial charge in [-0.3, -0.25) is 9.59 Å². The lowest BCUT2D eigenvalue weighted by atomic mass is 9.95. The number of benzene rings is 1. The van der Waals surface area contributed by atoms with Gasteiger partial charge in [0.15, 0.2) is 9.84 Å². The number of rotatable bonds is 6. The lowest BCUT2D eigenvalue weighted by Crippen LogP contribution is -2.36. The van der Waals surface area contributed by atoms with E-state index in [0.717, 1.165) is 25.7 Å². The second-order valence-electron chi connectivity index (χ2n) is 6.18. The average molecular weight is 352 g/mol. The summed E-state index contributed by atoms with van der Waals surface area (Å²) in [4.78, 5) is 23.1. The van der Waals surface area contributed by atoms with Crippen molar-refractivity contribution in [2.45, 2.75) is 56.4 Å². The molecule has 7 heteroatoms. The molecule has 0 bridgehead atoms. The highest BCUT2D eigenvalue weighted by molar-refractivity contribution is 7.91. The number of nitrogens with one attached hydrogen (secondary N) is 2. The maximum atomic E-state index is 12.3. The van der Waals surface area contributed by atoms with Crippen LogP contribution in [0.15, 0.2) is 29.2 Å². The Morgan fingerprint density at radius 3 is 2.29 bits per heavy atom. The predicted molar refractivity (Wildman–Crippen MR) is 92.4 cm³/mol. The summed E-state index contributed by atoms with van der Waals surface area (Å²) in [5.41, 5.74) is 0.538. The van der Waals surface area contributed by atoms with Crippen LogP contribution in [0.4, 0.5) is 5.69 Å². The number of anilines is 1. The van der Waals surface area contributed by atoms with Crippen LogP contribution in [0.1, 0.15) is 45.4 Å². The zero-order chi connectivity index (χ0) is 17.6. The minimum atomic E-state index is -3.51. The zero-order valence-electron chi connectivity index (χ0n) is 13.9. The molecule has 6 nitrogen and oxygen atoms in total. The van der Waals surface area contributed by atoms with E-state index in [1.807, 2.05) is 0 Å². The highest BCUT2D eigenvalue weighted by atomic mass is 32.2. The maximum Gasteiger partial charge on any atom is 0.221 e. The number of carbonyl (C=O) groups excluding carboxylic acids is 2. The summed E-state index contributed by atoms with van der Waals surface area (Å²) in [5, 5.41) is 5.50. The molecule has 24 heavy (non-hydrogen) atoms. The van der Waals surface area contributed by atoms with Gasteiger partial charge in [0.1, 0.15) is 0 Å². The van der Waals surface area contributed by atoms with Crippen molar-refractivity contribution in [1.29, 1.82) is 0 Å². The molecule has 0 heterocycles. The molecule has 0 spiro atoms. The van der Waals surface area contributed by atoms with Crippen LogP contribution in [0, 0.1) is 0 Å². The van der Waals surface area contributed by atoms with Gasteiger partial charge < -0.3 is 10.6 Å². The first-order valence-electron chi connectivity index (χ1n) is 8.26. The minimum Gasteiger partial charge on any atom is -0.353 e. The Morgan fingerprint density at radius 2 is 1.71 bits per heavy atom. The summed E-state index contributed by atoms with van der Waals surface area (Å²) in [5.74, 6) is -0.643. The van der Waals surface area contributed by atoms with Crippen molar-refractivity contribution in [3.05, 3.63) is 24.3 Å². The number of sulfone groups is 1. The van der Waals surface area contributed by atoms with Crippen molar-refractivity contribution in [1.82, 2.24) is 5.32 Å². The van der Waals surface area contributed by atoms with Crippen molar-refractivity contribution >= 4 is 27.3 Å². The van der Waals surface area contributed by atoms with E-state index in [-0.39, 0.29) is 34.9 Å². The van der Waals surface area contributed by atoms with Crippen LogP contribution in [-0.2, 0) is 19.4 Å². The standard InChI is InChI=1S/C17H24N2O4S/c1-13(20)18-15-7-9-16(10-8-15)24(22,23)12-11-17(21)19-14-5-3-2-4-6-14/h7-10,14H,2-6,11-12H2,1H3,(H,18,20)(H,19,21). The van der Waals surface area contributed by atoms with Crippen LogP contribution < -0.4 is 10.6 Å². The summed E-state index contributed by atoms with van der Waals surface area (Å²) in [7, 11) is -3.51. The third kappa shape index (κ3) is 5.63. The van der Waals surface area contributed by atoms with E-state index in [2.05, 4.69) is 10.6 Å². The molecule has 0 atom stereocenters. The van der Waals surface area contributed by atoms with Gasteiger partial charge in [-0.15, -0.1) is 0 Å². The summed E-state index contributed by atoms with van der Waals surface area (Å²) >= 11 is 0. The van der Waals surface area contributed by atoms with E-state index in [4.69, 9.17) is 0 Å². The quantitative estimate of drug-likeness (QED) is 0.821. The van der Waals surface area contributed by atoms with Gasteiger partial charge in [-0.25, -0.2) is 8.42 Å². The third-order valence-corrected chi connectivity index (χ3v) is 5.83. The zero-order valence-corrected chi connectivity index (χ0v) is 14.7. The van der Waals surface area contributed by atoms with Gasteiger partial charge in [0, 0.05) is 25.1 Å². The van der Waals surface area contributed by atoms with Crippen molar-refractivity contribution in [2.75, 3.05) is 11.1 Å². The average Bonchev–Trinajstić information content (AvgIpc) is 2.54. The Balaban J connectivity index is 1.88. The summed E-state index contributed by atoms with van der Waals surface area (Å²) in [6.45, 7) is 1.38. The van der Waals surface area contributed by atoms with E-state index < -0.39 is 9.84 Å². The highest BCUT2D eigenvalue weighted by Gasteiger charge is 2.19. The van der Waals surface area contributed by atoms with E-state index in [1.165, 1.54) is 37.6 Å². The van der Waals surface area contributed by atoms with Gasteiger partial charge >= 0.3 is 0 Å². The molecule has 0 saturated heterocycles. The Labute approximate surface area is 142 Å². The van der Waals surface area contributed by atoms with Crippen molar-refractivity contribution in [2.24, 2.45) is 0 Å². The summed E-state index contributed by atoms with van der Waals surface area (Å²) in [6.07, 6.45) is 5.35. The molecule has 2 amide bonds. The van der Waals surface area contributed by atoms with Crippen LogP contribution in [0.5, 0.6) is 0 Å². The molecule has 0 aromatic heterocycles. The van der Waals surface area contributed by atoms with E-state index >= 15 is 0 Å². The largest absolute Gasteiger partial charge is 0.353 e. The van der Waals surface area contributed by atoms with Crippen molar-refractivity contribution in [3.8, 4) is 0 Å². The molecule has 1 fully saturated rings. The highest BCUT2D eigenvalue weighted by Crippen LogP contribution is 2.18. The fourth-order valence-electron chi connectivity index (χ4n) is 2.84. The van der Waals surface area contributed by atoms with Crippen molar-refractivity contribution < 1.29 is 18.0 Å². The molecular formula is C17H24N2O4S. The SMILES string of the molecule is CC(=O)Nc1ccc(S(=O)(=O)CCC(=O)NC2CCCCC2)cc1. The van der Waals surface area contributed by atoms with Crippen LogP contribution in [0.3, 0.4) is 0 Å². The number of carbonyl (C=O) groups is 2. The molecule has 1 aliphatic carbocycles. The van der Waals surface area contributed by atoms with Gasteiger partial charge in [-0.2, -0.15) is 0 Å². The fraction of sp³-hybridized carbons (Fsp3) is 0.529. The van der Waals surface area contributed by atoms with Gasteiger partial charge in [0.2, 0.25) is 11.8 Å². The van der Waals surface area contributed by atoms with Crippen LogP contribution in [0.25, 0.3) is 0 Å². The topological polar surface area (TPSA) is 92.3 Å². The molecule has 0 aliphatic heterocycles. The normalized spacial score (nSPS) is 15.7. The lowest BCUT2D eigenvalue weighted by Gasteiger charge is -2.22. The van der Waals surface area contributed by atoms with E-state index in [9.17, 15) is 18.0 Å². The summed E-state index contributed by atoms with van der Waals surface area (Å²) < 4.78 is 24.6. The lowest BCUT2D eigenvalue weighted by molar-refractivity contribution is -0.121. The molecule has 1 aromatic carbocycles. The monoisotopic (exact) mass is 352 g/mol. The Bertz CT molecular complexity index is 677. The molecule has 2 rings (SSSR count). The first-order chi connectivity index (χ1) is 11.4. The molecule has 2 N–H and O–H groups in total. The van der Waals surface area contributed by atoms with Crippen LogP contribution in [0.2, 0.25) is 0 Å². The molecule has 132 valence electrons. The Morgan fingerprint density at radius 1 is 1.08 bits per heavy atom. The van der Waals surface area contributed by atoms with Gasteiger partial charge in [0.25, 0.3) is 0 Å². The van der Waals surface area contributed by atoms with Gasteiger partial charge in [-0.1, -0.05) is 19.3 Å². The molecule has 0 radical (unpaired) electrons. The Kier molecular flexibility index (Phi) is 6.36. The van der Waals surface area contributed by atoms with Gasteiger partial charge in [0.05, 0.1) is 10.6 Å². The Hall–Kier alpha value is -1.89. The molecule has 0 unspecified atom stereocenters. The minimum absolute atomic E-state index is 0.0354. The molecular weight excluding hydrogens is 328 g/mol. The molecule has 1 aromatic rings. The maximum absolute atomic E-state index is 12.3.